The van der Waals surface area contributed by atoms with Gasteiger partial charge in [-0.25, -0.2) is 24.9 Å². The predicted molar refractivity (Wildman–Crippen MR) is 573 cm³/mol. The topological polar surface area (TPSA) is 174 Å². The van der Waals surface area contributed by atoms with E-state index < -0.39 is 0 Å². The van der Waals surface area contributed by atoms with E-state index in [-0.39, 0.29) is 0 Å². The lowest BCUT2D eigenvalue weighted by molar-refractivity contribution is 0.456. The molecule has 16 rings (SSSR count). The molecule has 0 bridgehead atoms. The van der Waals surface area contributed by atoms with E-state index in [1.807, 2.05) is 539 Å². The van der Waals surface area contributed by atoms with Crippen molar-refractivity contribution in [3.8, 4) is 0 Å². The van der Waals surface area contributed by atoms with E-state index in [1.54, 1.807) is 30.2 Å². The third-order valence-corrected chi connectivity index (χ3v) is 12.2. The number of para-hydroxylation sites is 9. The van der Waals surface area contributed by atoms with Crippen LogP contribution in [0.1, 0.15) is 332 Å². The van der Waals surface area contributed by atoms with Crippen molar-refractivity contribution >= 4 is 109 Å². The number of hydrogen-bond acceptors (Lipinski definition) is 13. The molecule has 0 aliphatic carbocycles. The molecule has 0 fully saturated rings. The van der Waals surface area contributed by atoms with Gasteiger partial charge >= 0.3 is 0 Å². The van der Waals surface area contributed by atoms with Gasteiger partial charge in [0, 0.05) is 45.5 Å². The predicted octanol–water partition coefficient (Wildman–Crippen LogP) is 39.9. The van der Waals surface area contributed by atoms with Crippen LogP contribution in [-0.2, 0) is 0 Å². The van der Waals surface area contributed by atoms with E-state index in [9.17, 15) is 0 Å². The molecule has 0 saturated heterocycles. The number of H-pyrrole nitrogens is 2. The van der Waals surface area contributed by atoms with Crippen LogP contribution in [0.3, 0.4) is 0 Å². The molecule has 16 aromatic rings. The highest BCUT2D eigenvalue weighted by molar-refractivity contribution is 7.16. The van der Waals surface area contributed by atoms with Crippen molar-refractivity contribution in [3.05, 3.63) is 262 Å². The van der Waals surface area contributed by atoms with Gasteiger partial charge in [-0.15, -0.1) is 11.3 Å². The Labute approximate surface area is 761 Å². The number of nitrogens with zero attached hydrogens (tertiary/aromatic N) is 9. The van der Waals surface area contributed by atoms with Gasteiger partial charge in [0.15, 0.2) is 17.6 Å². The highest BCUT2D eigenvalue weighted by atomic mass is 32.1. The van der Waals surface area contributed by atoms with Crippen LogP contribution < -0.4 is 0 Å². The zero-order chi connectivity index (χ0) is 98.2. The summed E-state index contributed by atoms with van der Waals surface area (Å²) in [7, 11) is 0. The van der Waals surface area contributed by atoms with Gasteiger partial charge in [0.05, 0.1) is 66.7 Å². The highest BCUT2D eigenvalue weighted by Gasteiger charge is 1.95. The Morgan fingerprint density at radius 1 is 0.262 bits per heavy atom. The number of rotatable bonds is 0. The van der Waals surface area contributed by atoms with Gasteiger partial charge in [0.25, 0.3) is 0 Å². The molecular formula is C107H189N11O2S2. The first-order valence-corrected chi connectivity index (χ1v) is 48.7. The molecular weight excluding hydrogens is 1540 g/mol. The Hall–Kier alpha value is -9.83. The summed E-state index contributed by atoms with van der Waals surface area (Å²) in [5, 5.41) is 16.1. The fourth-order valence-electron chi connectivity index (χ4n) is 6.93. The first-order valence-electron chi connectivity index (χ1n) is 47.1. The average molecular weight is 1730 g/mol. The molecule has 8 heterocycles. The monoisotopic (exact) mass is 1720 g/mol. The second-order valence-corrected chi connectivity index (χ2v) is 17.2. The molecule has 0 radical (unpaired) electrons. The van der Waals surface area contributed by atoms with E-state index in [2.05, 4.69) is 84.9 Å². The van der Waals surface area contributed by atoms with Crippen LogP contribution in [0.5, 0.6) is 0 Å². The van der Waals surface area contributed by atoms with Crippen LogP contribution in [0.25, 0.3) is 86.1 Å². The van der Waals surface area contributed by atoms with Crippen molar-refractivity contribution in [2.75, 3.05) is 0 Å². The standard InChI is InChI=1S/C9H7N.C8H6N2.2C7H6N2.2C7H5NO.2C7H5NS.24C2H6/c1-2-6-9-8(4-1)5-3-7-10-9;1-2-4-8-7(3-1)5-9-6-10-8;1-2-4-7-6(3-1)8-5-9-7;1-2-4-7-6(3-1)5-8-9-7;1-2-4-7-6(3-1)8-5-9-7;1-2-4-7-6(3-1)5-8-9-7;1-2-4-7-6(3-1)8-5-9-7;1-2-4-7-6(3-1)5-8-9-7;24*1-2/h1-7H;1-6H;2*1-5H,(H,8,9);4*1-5H;24*1-2H3. The number of nitrogens with one attached hydrogen (secondary N) is 2. The molecule has 122 heavy (non-hydrogen) atoms. The second kappa shape index (κ2) is 146. The summed E-state index contributed by atoms with van der Waals surface area (Å²) in [6, 6.07) is 67.7. The summed E-state index contributed by atoms with van der Waals surface area (Å²) in [6.45, 7) is 96.0. The number of pyridine rings is 1. The maximum atomic E-state index is 5.01. The lowest BCUT2D eigenvalue weighted by atomic mass is 10.2. The van der Waals surface area contributed by atoms with Gasteiger partial charge in [-0.1, -0.05) is 465 Å². The summed E-state index contributed by atoms with van der Waals surface area (Å²) in [5.74, 6) is 0. The van der Waals surface area contributed by atoms with Crippen LogP contribution in [-0.4, -0.2) is 54.6 Å². The third-order valence-electron chi connectivity index (χ3n) is 10.6. The van der Waals surface area contributed by atoms with Gasteiger partial charge in [-0.05, 0) is 90.4 Å². The Bertz CT molecular complexity index is 3300. The minimum Gasteiger partial charge on any atom is -0.443 e. The number of imidazole rings is 1. The molecule has 8 aromatic carbocycles. The van der Waals surface area contributed by atoms with Crippen LogP contribution in [0, 0.1) is 0 Å². The van der Waals surface area contributed by atoms with Gasteiger partial charge in [0.2, 0.25) is 0 Å². The summed E-state index contributed by atoms with van der Waals surface area (Å²) >= 11 is 3.21. The minimum absolute atomic E-state index is 0.845. The Balaban J connectivity index is -0.0000000702. The normalized spacial score (nSPS) is 7.34. The highest BCUT2D eigenvalue weighted by Crippen LogP contribution is 2.17. The van der Waals surface area contributed by atoms with Crippen molar-refractivity contribution in [2.45, 2.75) is 332 Å². The van der Waals surface area contributed by atoms with Gasteiger partial charge < -0.3 is 13.9 Å². The minimum atomic E-state index is 0.845. The van der Waals surface area contributed by atoms with E-state index in [0.29, 0.717) is 0 Å². The summed E-state index contributed by atoms with van der Waals surface area (Å²) in [5.41, 5.74) is 10.8. The lowest BCUT2D eigenvalue weighted by Crippen LogP contribution is -1.77. The molecule has 2 N–H and O–H groups in total. The SMILES string of the molecule is CC.CC.CC.CC.CC.CC.CC.CC.CC.CC.CC.CC.CC.CC.CC.CC.CC.CC.CC.CC.CC.CC.CC.CC.c1ccc2[nH]cnc2c1.c1ccc2[nH]ncc2c1.c1ccc2ncccc2c1.c1ccc2ncncc2c1.c1ccc2ocnc2c1.c1ccc2oncc2c1.c1ccc2scnc2c1.c1ccc2sncc2c1. The number of fused-ring (bicyclic) bond motifs is 8. The number of oxazole rings is 1. The first-order chi connectivity index (χ1) is 60.7. The van der Waals surface area contributed by atoms with Crippen LogP contribution in [0.15, 0.2) is 271 Å². The molecule has 8 aromatic heterocycles. The van der Waals surface area contributed by atoms with Gasteiger partial charge in [0.1, 0.15) is 11.8 Å². The number of benzene rings is 8. The zero-order valence-corrected chi connectivity index (χ0v) is 89.1. The van der Waals surface area contributed by atoms with Crippen molar-refractivity contribution in [3.63, 3.8) is 0 Å². The molecule has 0 saturated carbocycles. The van der Waals surface area contributed by atoms with Crippen LogP contribution in [0.4, 0.5) is 0 Å². The third kappa shape index (κ3) is 79.9. The number of thiazole rings is 1. The smallest absolute Gasteiger partial charge is 0.181 e. The van der Waals surface area contributed by atoms with Crippen LogP contribution >= 0.6 is 22.9 Å². The maximum Gasteiger partial charge on any atom is 0.181 e. The average Bonchev–Trinajstić information content (AvgIpc) is 1.71. The summed E-state index contributed by atoms with van der Waals surface area (Å²) in [6.07, 6.45) is 13.7. The van der Waals surface area contributed by atoms with Crippen molar-refractivity contribution in [2.24, 2.45) is 0 Å². The molecule has 0 aliphatic heterocycles. The van der Waals surface area contributed by atoms with E-state index in [1.165, 1.54) is 38.1 Å². The molecule has 0 spiro atoms. The summed E-state index contributed by atoms with van der Waals surface area (Å²) < 4.78 is 16.4. The number of hydrogen-bond donors (Lipinski definition) is 2. The largest absolute Gasteiger partial charge is 0.443 e. The molecule has 0 atom stereocenters. The fraction of sp³-hybridized carbons (Fsp3) is 0.449. The number of aromatic amines is 2. The van der Waals surface area contributed by atoms with Gasteiger partial charge in [-0.2, -0.15) is 9.47 Å². The molecule has 15 heteroatoms. The Morgan fingerprint density at radius 3 is 1.08 bits per heavy atom. The quantitative estimate of drug-likeness (QED) is 0.148. The second-order valence-electron chi connectivity index (χ2n) is 15.5. The Kier molecular flexibility index (Phi) is 179. The first kappa shape index (κ1) is 150. The van der Waals surface area contributed by atoms with Crippen molar-refractivity contribution in [1.82, 2.24) is 54.6 Å². The molecule has 0 aliphatic rings. The van der Waals surface area contributed by atoms with E-state index in [0.717, 1.165) is 65.9 Å². The molecule has 0 unspecified atom stereocenters. The maximum absolute atomic E-state index is 5.01. The Morgan fingerprint density at radius 2 is 0.639 bits per heavy atom. The van der Waals surface area contributed by atoms with Crippen LogP contribution in [0.2, 0.25) is 0 Å². The summed E-state index contributed by atoms with van der Waals surface area (Å²) in [4.78, 5) is 27.3. The number of aromatic nitrogens is 11. The van der Waals surface area contributed by atoms with Gasteiger partial charge in [-0.3, -0.25) is 10.1 Å². The fourth-order valence-corrected chi connectivity index (χ4v) is 8.25. The van der Waals surface area contributed by atoms with E-state index >= 15 is 0 Å². The molecule has 0 amide bonds. The molecule has 696 valence electrons. The van der Waals surface area contributed by atoms with E-state index in [4.69, 9.17) is 8.94 Å². The zero-order valence-electron chi connectivity index (χ0n) is 87.5. The lowest BCUT2D eigenvalue weighted by Gasteiger charge is -1.91. The molecule has 13 nitrogen and oxygen atoms in total. The van der Waals surface area contributed by atoms with Crippen molar-refractivity contribution < 1.29 is 8.94 Å². The van der Waals surface area contributed by atoms with Crippen molar-refractivity contribution in [1.29, 1.82) is 0 Å².